The standard InChI is InChI=1S/C10H20N4O3S/c1-11-4-3-7-18(15,16)13-10-8-12-14(9-10)5-6-17-2/h8-9,11,13H,3-7H2,1-2H3. The second-order valence-electron chi connectivity index (χ2n) is 3.86. The lowest BCUT2D eigenvalue weighted by molar-refractivity contribution is 0.183. The van der Waals surface area contributed by atoms with E-state index in [9.17, 15) is 8.42 Å². The minimum atomic E-state index is -3.29. The van der Waals surface area contributed by atoms with Gasteiger partial charge in [0.25, 0.3) is 0 Å². The number of rotatable bonds is 9. The van der Waals surface area contributed by atoms with E-state index in [0.717, 1.165) is 0 Å². The van der Waals surface area contributed by atoms with Crippen molar-refractivity contribution < 1.29 is 13.2 Å². The van der Waals surface area contributed by atoms with E-state index in [-0.39, 0.29) is 5.75 Å². The quantitative estimate of drug-likeness (QED) is 0.614. The van der Waals surface area contributed by atoms with E-state index in [2.05, 4.69) is 15.1 Å². The van der Waals surface area contributed by atoms with Crippen LogP contribution >= 0.6 is 0 Å². The molecule has 0 unspecified atom stereocenters. The van der Waals surface area contributed by atoms with Gasteiger partial charge in [-0.3, -0.25) is 9.40 Å². The highest BCUT2D eigenvalue weighted by atomic mass is 32.2. The van der Waals surface area contributed by atoms with Crippen LogP contribution in [0.15, 0.2) is 12.4 Å². The summed E-state index contributed by atoms with van der Waals surface area (Å²) in [5.41, 5.74) is 0.482. The van der Waals surface area contributed by atoms with Gasteiger partial charge >= 0.3 is 0 Å². The largest absolute Gasteiger partial charge is 0.383 e. The zero-order chi connectivity index (χ0) is 13.4. The Bertz CT molecular complexity index is 444. The predicted octanol–water partition coefficient (Wildman–Crippen LogP) is -0.119. The van der Waals surface area contributed by atoms with E-state index in [0.29, 0.717) is 31.8 Å². The molecule has 2 N–H and O–H groups in total. The van der Waals surface area contributed by atoms with Crippen molar-refractivity contribution in [2.24, 2.45) is 0 Å². The first-order valence-corrected chi connectivity index (χ1v) is 7.39. The molecule has 0 aromatic carbocycles. The number of hydrogen-bond donors (Lipinski definition) is 2. The van der Waals surface area contributed by atoms with Gasteiger partial charge in [-0.1, -0.05) is 0 Å². The maximum Gasteiger partial charge on any atom is 0.232 e. The molecule has 0 atom stereocenters. The molecule has 104 valence electrons. The zero-order valence-corrected chi connectivity index (χ0v) is 11.5. The third-order valence-electron chi connectivity index (χ3n) is 2.27. The molecule has 7 nitrogen and oxygen atoms in total. The van der Waals surface area contributed by atoms with Crippen LogP contribution in [0.3, 0.4) is 0 Å². The molecule has 0 radical (unpaired) electrons. The lowest BCUT2D eigenvalue weighted by atomic mass is 10.5. The van der Waals surface area contributed by atoms with Crippen molar-refractivity contribution in [3.8, 4) is 0 Å². The van der Waals surface area contributed by atoms with Crippen LogP contribution in [0.4, 0.5) is 5.69 Å². The number of ether oxygens (including phenoxy) is 1. The maximum atomic E-state index is 11.7. The van der Waals surface area contributed by atoms with Crippen molar-refractivity contribution in [3.05, 3.63) is 12.4 Å². The summed E-state index contributed by atoms with van der Waals surface area (Å²) in [7, 11) is 0.109. The van der Waals surface area contributed by atoms with E-state index in [4.69, 9.17) is 4.74 Å². The highest BCUT2D eigenvalue weighted by molar-refractivity contribution is 7.92. The Labute approximate surface area is 108 Å². The molecule has 1 heterocycles. The first-order valence-electron chi connectivity index (χ1n) is 5.74. The third kappa shape index (κ3) is 5.48. The van der Waals surface area contributed by atoms with E-state index >= 15 is 0 Å². The molecule has 0 spiro atoms. The third-order valence-corrected chi connectivity index (χ3v) is 3.64. The molecule has 0 bridgehead atoms. The van der Waals surface area contributed by atoms with Crippen molar-refractivity contribution in [1.82, 2.24) is 15.1 Å². The monoisotopic (exact) mass is 276 g/mol. The van der Waals surface area contributed by atoms with Crippen LogP contribution in [-0.4, -0.2) is 51.3 Å². The number of sulfonamides is 1. The Morgan fingerprint density at radius 2 is 2.28 bits per heavy atom. The molecule has 0 aliphatic carbocycles. The van der Waals surface area contributed by atoms with Gasteiger partial charge < -0.3 is 10.1 Å². The molecule has 1 rings (SSSR count). The highest BCUT2D eigenvalue weighted by Gasteiger charge is 2.10. The van der Waals surface area contributed by atoms with Crippen LogP contribution < -0.4 is 10.0 Å². The minimum absolute atomic E-state index is 0.0943. The smallest absolute Gasteiger partial charge is 0.232 e. The summed E-state index contributed by atoms with van der Waals surface area (Å²) in [4.78, 5) is 0. The Kier molecular flexibility index (Phi) is 6.10. The molecule has 18 heavy (non-hydrogen) atoms. The fourth-order valence-corrected chi connectivity index (χ4v) is 2.48. The number of aromatic nitrogens is 2. The summed E-state index contributed by atoms with van der Waals surface area (Å²) in [6.45, 7) is 1.81. The second kappa shape index (κ2) is 7.34. The van der Waals surface area contributed by atoms with Crippen LogP contribution in [0.2, 0.25) is 0 Å². The first kappa shape index (κ1) is 14.9. The van der Waals surface area contributed by atoms with E-state index < -0.39 is 10.0 Å². The molecule has 0 saturated heterocycles. The molecule has 0 aliphatic rings. The van der Waals surface area contributed by atoms with Gasteiger partial charge in [0.05, 0.1) is 30.8 Å². The zero-order valence-electron chi connectivity index (χ0n) is 10.7. The number of methoxy groups -OCH3 is 1. The van der Waals surface area contributed by atoms with Crippen LogP contribution in [0.1, 0.15) is 6.42 Å². The van der Waals surface area contributed by atoms with Gasteiger partial charge in [0.2, 0.25) is 10.0 Å². The molecule has 0 saturated carbocycles. The van der Waals surface area contributed by atoms with Crippen molar-refractivity contribution in [1.29, 1.82) is 0 Å². The van der Waals surface area contributed by atoms with Crippen molar-refractivity contribution in [2.75, 3.05) is 37.8 Å². The molecular weight excluding hydrogens is 256 g/mol. The number of nitrogens with zero attached hydrogens (tertiary/aromatic N) is 2. The average Bonchev–Trinajstić information content (AvgIpc) is 2.73. The lowest BCUT2D eigenvalue weighted by Gasteiger charge is -2.05. The number of nitrogens with one attached hydrogen (secondary N) is 2. The summed E-state index contributed by atoms with van der Waals surface area (Å²) in [5, 5.41) is 6.94. The Morgan fingerprint density at radius 3 is 2.94 bits per heavy atom. The molecular formula is C10H20N4O3S. The molecule has 1 aromatic rings. The summed E-state index contributed by atoms with van der Waals surface area (Å²) < 4.78 is 32.4. The van der Waals surface area contributed by atoms with Crippen LogP contribution in [-0.2, 0) is 21.3 Å². The van der Waals surface area contributed by atoms with Gasteiger partial charge in [0.15, 0.2) is 0 Å². The Morgan fingerprint density at radius 1 is 1.50 bits per heavy atom. The van der Waals surface area contributed by atoms with Crippen molar-refractivity contribution in [2.45, 2.75) is 13.0 Å². The summed E-state index contributed by atoms with van der Waals surface area (Å²) in [6, 6.07) is 0. The van der Waals surface area contributed by atoms with Gasteiger partial charge in [-0.05, 0) is 20.0 Å². The molecule has 8 heteroatoms. The predicted molar refractivity (Wildman–Crippen MR) is 70.1 cm³/mol. The summed E-state index contributed by atoms with van der Waals surface area (Å²) in [5.74, 6) is 0.0943. The SMILES string of the molecule is CNCCCS(=O)(=O)Nc1cnn(CCOC)c1. The van der Waals surface area contributed by atoms with E-state index in [1.807, 2.05) is 0 Å². The second-order valence-corrected chi connectivity index (χ2v) is 5.70. The Balaban J connectivity index is 2.48. The topological polar surface area (TPSA) is 85.3 Å². The molecule has 0 amide bonds. The van der Waals surface area contributed by atoms with Crippen LogP contribution in [0.5, 0.6) is 0 Å². The average molecular weight is 276 g/mol. The van der Waals surface area contributed by atoms with Gasteiger partial charge in [0.1, 0.15) is 0 Å². The molecule has 0 fully saturated rings. The normalized spacial score (nSPS) is 11.7. The van der Waals surface area contributed by atoms with E-state index in [1.54, 1.807) is 25.0 Å². The molecule has 1 aromatic heterocycles. The van der Waals surface area contributed by atoms with Gasteiger partial charge in [-0.2, -0.15) is 5.10 Å². The van der Waals surface area contributed by atoms with E-state index in [1.165, 1.54) is 6.20 Å². The Hall–Kier alpha value is -1.12. The number of anilines is 1. The lowest BCUT2D eigenvalue weighted by Crippen LogP contribution is -2.20. The molecule has 0 aliphatic heterocycles. The van der Waals surface area contributed by atoms with Crippen LogP contribution in [0.25, 0.3) is 0 Å². The first-order chi connectivity index (χ1) is 8.57. The number of hydrogen-bond acceptors (Lipinski definition) is 5. The van der Waals surface area contributed by atoms with Gasteiger partial charge in [-0.15, -0.1) is 0 Å². The van der Waals surface area contributed by atoms with Crippen molar-refractivity contribution >= 4 is 15.7 Å². The van der Waals surface area contributed by atoms with Crippen molar-refractivity contribution in [3.63, 3.8) is 0 Å². The maximum absolute atomic E-state index is 11.7. The van der Waals surface area contributed by atoms with Gasteiger partial charge in [0, 0.05) is 13.3 Å². The minimum Gasteiger partial charge on any atom is -0.383 e. The fraction of sp³-hybridized carbons (Fsp3) is 0.700. The van der Waals surface area contributed by atoms with Crippen LogP contribution in [0, 0.1) is 0 Å². The fourth-order valence-electron chi connectivity index (χ4n) is 1.39. The van der Waals surface area contributed by atoms with Gasteiger partial charge in [-0.25, -0.2) is 8.42 Å². The summed E-state index contributed by atoms with van der Waals surface area (Å²) in [6.07, 6.45) is 3.71. The highest BCUT2D eigenvalue weighted by Crippen LogP contribution is 2.08. The summed E-state index contributed by atoms with van der Waals surface area (Å²) >= 11 is 0.